The van der Waals surface area contributed by atoms with Gasteiger partial charge in [-0.05, 0) is 49.9 Å². The Morgan fingerprint density at radius 2 is 1.75 bits per heavy atom. The molecule has 1 amide bonds. The molecule has 0 saturated carbocycles. The molecule has 1 N–H and O–H groups in total. The van der Waals surface area contributed by atoms with E-state index in [2.05, 4.69) is 19.2 Å². The highest BCUT2D eigenvalue weighted by atomic mass is 32.1. The molecule has 2 rings (SSSR count). The maximum Gasteiger partial charge on any atom is 0.307 e. The van der Waals surface area contributed by atoms with Gasteiger partial charge in [0.05, 0.1) is 11.3 Å². The van der Waals surface area contributed by atoms with Gasteiger partial charge in [0.2, 0.25) is 0 Å². The lowest BCUT2D eigenvalue weighted by molar-refractivity contribution is -0.153. The van der Waals surface area contributed by atoms with Crippen LogP contribution in [0.3, 0.4) is 0 Å². The number of hydrogen-bond acceptors (Lipinski definition) is 5. The first-order valence-corrected chi connectivity index (χ1v) is 10.2. The summed E-state index contributed by atoms with van der Waals surface area (Å²) in [6, 6.07) is 9.49. The van der Waals surface area contributed by atoms with E-state index in [1.54, 1.807) is 6.07 Å². The fourth-order valence-electron chi connectivity index (χ4n) is 2.80. The third-order valence-electron chi connectivity index (χ3n) is 4.42. The predicted molar refractivity (Wildman–Crippen MR) is 112 cm³/mol. The minimum atomic E-state index is -0.939. The van der Waals surface area contributed by atoms with E-state index in [1.807, 2.05) is 38.1 Å². The number of para-hydroxylation sites is 1. The number of carbonyl (C=O) groups excluding carboxylic acids is 3. The van der Waals surface area contributed by atoms with Crippen LogP contribution in [0.5, 0.6) is 0 Å². The highest BCUT2D eigenvalue weighted by molar-refractivity contribution is 7.14. The number of carbonyl (C=O) groups is 3. The first kappa shape index (κ1) is 21.8. The van der Waals surface area contributed by atoms with Crippen molar-refractivity contribution in [2.75, 3.05) is 5.32 Å². The molecule has 0 spiro atoms. The van der Waals surface area contributed by atoms with Gasteiger partial charge in [0.15, 0.2) is 11.9 Å². The van der Waals surface area contributed by atoms with Gasteiger partial charge in [-0.1, -0.05) is 32.0 Å². The number of aryl methyl sites for hydroxylation is 2. The molecule has 0 unspecified atom stereocenters. The van der Waals surface area contributed by atoms with Crippen LogP contribution in [0.1, 0.15) is 65.2 Å². The minimum absolute atomic E-state index is 0.0466. The molecule has 1 aromatic heterocycles. The molecule has 0 aliphatic heterocycles. The maximum absolute atomic E-state index is 12.5. The molecule has 28 heavy (non-hydrogen) atoms. The molecule has 1 atom stereocenters. The van der Waals surface area contributed by atoms with E-state index in [-0.39, 0.29) is 30.4 Å². The fourth-order valence-corrected chi connectivity index (χ4v) is 3.63. The van der Waals surface area contributed by atoms with Crippen LogP contribution < -0.4 is 5.32 Å². The SMILES string of the molecule is Cc1ccc(C(=O)CCC(=O)O[C@H](C)C(=O)Nc2c(C)cccc2C(C)C)s1. The number of anilines is 1. The van der Waals surface area contributed by atoms with Crippen molar-refractivity contribution in [1.82, 2.24) is 0 Å². The minimum Gasteiger partial charge on any atom is -0.453 e. The van der Waals surface area contributed by atoms with Crippen molar-refractivity contribution in [2.24, 2.45) is 0 Å². The number of ketones is 1. The Morgan fingerprint density at radius 3 is 2.36 bits per heavy atom. The van der Waals surface area contributed by atoms with Crippen LogP contribution in [-0.4, -0.2) is 23.8 Å². The molecule has 0 radical (unpaired) electrons. The monoisotopic (exact) mass is 401 g/mol. The van der Waals surface area contributed by atoms with Crippen molar-refractivity contribution in [3.63, 3.8) is 0 Å². The Labute approximate surface area is 170 Å². The van der Waals surface area contributed by atoms with Crippen LogP contribution >= 0.6 is 11.3 Å². The second-order valence-corrected chi connectivity index (χ2v) is 8.44. The quantitative estimate of drug-likeness (QED) is 0.498. The zero-order chi connectivity index (χ0) is 20.8. The second-order valence-electron chi connectivity index (χ2n) is 7.15. The largest absolute Gasteiger partial charge is 0.453 e. The Hall–Kier alpha value is -2.47. The molecule has 5 nitrogen and oxygen atoms in total. The Balaban J connectivity index is 1.90. The van der Waals surface area contributed by atoms with Crippen LogP contribution in [0, 0.1) is 13.8 Å². The molecule has 2 aromatic rings. The van der Waals surface area contributed by atoms with E-state index in [0.29, 0.717) is 4.88 Å². The Bertz CT molecular complexity index is 869. The summed E-state index contributed by atoms with van der Waals surface area (Å²) in [6.45, 7) is 9.50. The summed E-state index contributed by atoms with van der Waals surface area (Å²) >= 11 is 1.41. The van der Waals surface area contributed by atoms with Crippen LogP contribution in [0.4, 0.5) is 5.69 Å². The summed E-state index contributed by atoms with van der Waals surface area (Å²) in [7, 11) is 0. The smallest absolute Gasteiger partial charge is 0.307 e. The summed E-state index contributed by atoms with van der Waals surface area (Å²) in [5.41, 5.74) is 2.74. The number of hydrogen-bond donors (Lipinski definition) is 1. The summed E-state index contributed by atoms with van der Waals surface area (Å²) in [5, 5.41) is 2.88. The molecule has 0 saturated heterocycles. The number of thiophene rings is 1. The molecule has 0 bridgehead atoms. The van der Waals surface area contributed by atoms with Gasteiger partial charge in [-0.25, -0.2) is 0 Å². The second kappa shape index (κ2) is 9.64. The number of ether oxygens (including phenoxy) is 1. The van der Waals surface area contributed by atoms with Crippen molar-refractivity contribution < 1.29 is 19.1 Å². The van der Waals surface area contributed by atoms with Gasteiger partial charge in [-0.2, -0.15) is 0 Å². The van der Waals surface area contributed by atoms with Gasteiger partial charge in [0.1, 0.15) is 0 Å². The van der Waals surface area contributed by atoms with E-state index < -0.39 is 12.1 Å². The highest BCUT2D eigenvalue weighted by Gasteiger charge is 2.21. The van der Waals surface area contributed by atoms with Crippen molar-refractivity contribution >= 4 is 34.7 Å². The standard InChI is InChI=1S/C22H27NO4S/c1-13(2)17-8-6-7-14(3)21(17)23-22(26)16(5)27-20(25)12-10-18(24)19-11-9-15(4)28-19/h6-9,11,13,16H,10,12H2,1-5H3,(H,23,26)/t16-/m1/s1. The molecular formula is C22H27NO4S. The van der Waals surface area contributed by atoms with E-state index in [1.165, 1.54) is 18.3 Å². The van der Waals surface area contributed by atoms with Gasteiger partial charge >= 0.3 is 5.97 Å². The highest BCUT2D eigenvalue weighted by Crippen LogP contribution is 2.27. The van der Waals surface area contributed by atoms with Gasteiger partial charge in [0, 0.05) is 17.0 Å². The maximum atomic E-state index is 12.5. The molecule has 6 heteroatoms. The molecule has 1 aromatic carbocycles. The molecule has 0 aliphatic rings. The average molecular weight is 402 g/mol. The van der Waals surface area contributed by atoms with Crippen molar-refractivity contribution in [2.45, 2.75) is 59.5 Å². The van der Waals surface area contributed by atoms with Crippen molar-refractivity contribution in [3.8, 4) is 0 Å². The van der Waals surface area contributed by atoms with E-state index >= 15 is 0 Å². The number of rotatable bonds is 8. The summed E-state index contributed by atoms with van der Waals surface area (Å²) in [5.74, 6) is -0.781. The molecule has 1 heterocycles. The average Bonchev–Trinajstić information content (AvgIpc) is 3.07. The van der Waals surface area contributed by atoms with Crippen molar-refractivity contribution in [1.29, 1.82) is 0 Å². The molecular weight excluding hydrogens is 374 g/mol. The van der Waals surface area contributed by atoms with E-state index in [9.17, 15) is 14.4 Å². The molecule has 0 aliphatic carbocycles. The third kappa shape index (κ3) is 5.76. The van der Waals surface area contributed by atoms with Gasteiger partial charge in [-0.15, -0.1) is 11.3 Å². The zero-order valence-corrected chi connectivity index (χ0v) is 17.8. The lowest BCUT2D eigenvalue weighted by Crippen LogP contribution is -2.30. The van der Waals surface area contributed by atoms with E-state index in [4.69, 9.17) is 4.74 Å². The molecule has 0 fully saturated rings. The van der Waals surface area contributed by atoms with Crippen LogP contribution in [0.2, 0.25) is 0 Å². The topological polar surface area (TPSA) is 72.5 Å². The summed E-state index contributed by atoms with van der Waals surface area (Å²) < 4.78 is 5.22. The predicted octanol–water partition coefficient (Wildman–Crippen LogP) is 5.02. The third-order valence-corrected chi connectivity index (χ3v) is 5.47. The zero-order valence-electron chi connectivity index (χ0n) is 17.0. The number of esters is 1. The first-order chi connectivity index (χ1) is 13.2. The Kier molecular flexibility index (Phi) is 7.52. The fraction of sp³-hybridized carbons (Fsp3) is 0.409. The van der Waals surface area contributed by atoms with Crippen LogP contribution in [0.15, 0.2) is 30.3 Å². The summed E-state index contributed by atoms with van der Waals surface area (Å²) in [6.07, 6.45) is -0.913. The number of amides is 1. The molecule has 150 valence electrons. The van der Waals surface area contributed by atoms with Crippen LogP contribution in [-0.2, 0) is 14.3 Å². The summed E-state index contributed by atoms with van der Waals surface area (Å²) in [4.78, 5) is 38.3. The van der Waals surface area contributed by atoms with Crippen molar-refractivity contribution in [3.05, 3.63) is 51.2 Å². The normalized spacial score (nSPS) is 11.9. The van der Waals surface area contributed by atoms with Gasteiger partial charge in [0.25, 0.3) is 5.91 Å². The Morgan fingerprint density at radius 1 is 1.04 bits per heavy atom. The lowest BCUT2D eigenvalue weighted by atomic mass is 9.98. The van der Waals surface area contributed by atoms with Gasteiger partial charge < -0.3 is 10.1 Å². The van der Waals surface area contributed by atoms with E-state index in [0.717, 1.165) is 21.7 Å². The van der Waals surface area contributed by atoms with Gasteiger partial charge in [-0.3, -0.25) is 14.4 Å². The number of nitrogens with one attached hydrogen (secondary N) is 1. The first-order valence-electron chi connectivity index (χ1n) is 9.38. The number of benzene rings is 1. The number of Topliss-reactive ketones (excluding diaryl/α,β-unsaturated/α-hetero) is 1. The van der Waals surface area contributed by atoms with Crippen LogP contribution in [0.25, 0.3) is 0 Å². The lowest BCUT2D eigenvalue weighted by Gasteiger charge is -2.19.